The first-order valence-electron chi connectivity index (χ1n) is 7.51. The molecule has 0 aliphatic heterocycles. The van der Waals surface area contributed by atoms with Gasteiger partial charge in [-0.05, 0) is 48.9 Å². The molecule has 0 fully saturated rings. The van der Waals surface area contributed by atoms with Crippen LogP contribution in [0.25, 0.3) is 15.9 Å². The average molecular weight is 414 g/mol. The highest BCUT2D eigenvalue weighted by Gasteiger charge is 2.15. The van der Waals surface area contributed by atoms with E-state index in [2.05, 4.69) is 26.2 Å². The lowest BCUT2D eigenvalue weighted by molar-refractivity contribution is 0.103. The maximum Gasteiger partial charge on any atom is 0.266 e. The number of anilines is 1. The van der Waals surface area contributed by atoms with E-state index in [1.807, 2.05) is 31.2 Å². The van der Waals surface area contributed by atoms with Gasteiger partial charge in [0.2, 0.25) is 0 Å². The van der Waals surface area contributed by atoms with Gasteiger partial charge in [0.05, 0.1) is 10.3 Å². The Labute approximate surface area is 155 Å². The highest BCUT2D eigenvalue weighted by atomic mass is 79.9. The second-order valence-corrected chi connectivity index (χ2v) is 7.54. The zero-order valence-electron chi connectivity index (χ0n) is 13.1. The SMILES string of the molecule is Cc1cccn2c(=O)c3cc(C(=O)Nc4ccc(Br)cc4)sc3nc12. The van der Waals surface area contributed by atoms with Gasteiger partial charge in [0.1, 0.15) is 10.5 Å². The number of amides is 1. The van der Waals surface area contributed by atoms with E-state index in [1.54, 1.807) is 24.4 Å². The minimum absolute atomic E-state index is 0.164. The number of halogens is 1. The van der Waals surface area contributed by atoms with Crippen LogP contribution in [0, 0.1) is 6.92 Å². The number of aryl methyl sites for hydroxylation is 1. The molecule has 0 aliphatic carbocycles. The van der Waals surface area contributed by atoms with Gasteiger partial charge in [-0.1, -0.05) is 22.0 Å². The lowest BCUT2D eigenvalue weighted by Crippen LogP contribution is -2.14. The number of aromatic nitrogens is 2. The fourth-order valence-corrected chi connectivity index (χ4v) is 3.78. The molecule has 25 heavy (non-hydrogen) atoms. The molecule has 0 spiro atoms. The van der Waals surface area contributed by atoms with Crippen molar-refractivity contribution >= 4 is 54.7 Å². The second-order valence-electron chi connectivity index (χ2n) is 5.59. The maximum atomic E-state index is 12.7. The van der Waals surface area contributed by atoms with Crippen LogP contribution >= 0.6 is 27.3 Å². The molecule has 0 radical (unpaired) electrons. The monoisotopic (exact) mass is 413 g/mol. The summed E-state index contributed by atoms with van der Waals surface area (Å²) in [6, 6.07) is 12.6. The summed E-state index contributed by atoms with van der Waals surface area (Å²) in [4.78, 5) is 30.7. The van der Waals surface area contributed by atoms with Crippen LogP contribution in [0.1, 0.15) is 15.2 Å². The first kappa shape index (κ1) is 16.0. The summed E-state index contributed by atoms with van der Waals surface area (Å²) in [7, 11) is 0. The molecule has 1 amide bonds. The Morgan fingerprint density at radius 3 is 2.76 bits per heavy atom. The number of nitrogens with zero attached hydrogens (tertiary/aromatic N) is 2. The van der Waals surface area contributed by atoms with E-state index in [9.17, 15) is 9.59 Å². The Balaban J connectivity index is 1.78. The van der Waals surface area contributed by atoms with Crippen molar-refractivity contribution in [1.82, 2.24) is 9.38 Å². The Morgan fingerprint density at radius 1 is 1.24 bits per heavy atom. The zero-order valence-corrected chi connectivity index (χ0v) is 15.5. The minimum Gasteiger partial charge on any atom is -0.321 e. The highest BCUT2D eigenvalue weighted by molar-refractivity contribution is 9.10. The van der Waals surface area contributed by atoms with Crippen molar-refractivity contribution in [3.05, 3.63) is 73.9 Å². The standard InChI is InChI=1S/C18H12BrN3O2S/c1-10-3-2-8-22-15(10)21-17-13(18(22)24)9-14(25-17)16(23)20-12-6-4-11(19)5-7-12/h2-9H,1H3,(H,20,23). The highest BCUT2D eigenvalue weighted by Crippen LogP contribution is 2.24. The fraction of sp³-hybridized carbons (Fsp3) is 0.0556. The van der Waals surface area contributed by atoms with Gasteiger partial charge in [-0.15, -0.1) is 11.3 Å². The largest absolute Gasteiger partial charge is 0.321 e. The van der Waals surface area contributed by atoms with Crippen LogP contribution < -0.4 is 10.9 Å². The van der Waals surface area contributed by atoms with Crippen molar-refractivity contribution in [1.29, 1.82) is 0 Å². The van der Waals surface area contributed by atoms with E-state index in [1.165, 1.54) is 15.7 Å². The van der Waals surface area contributed by atoms with Crippen molar-refractivity contribution in [3.8, 4) is 0 Å². The third kappa shape index (κ3) is 2.85. The van der Waals surface area contributed by atoms with Gasteiger partial charge >= 0.3 is 0 Å². The molecule has 7 heteroatoms. The third-order valence-corrected chi connectivity index (χ3v) is 5.41. The smallest absolute Gasteiger partial charge is 0.266 e. The topological polar surface area (TPSA) is 63.5 Å². The molecular formula is C18H12BrN3O2S. The molecule has 5 nitrogen and oxygen atoms in total. The van der Waals surface area contributed by atoms with Crippen LogP contribution in [0.3, 0.4) is 0 Å². The number of hydrogen-bond acceptors (Lipinski definition) is 4. The summed E-state index contributed by atoms with van der Waals surface area (Å²) in [6.07, 6.45) is 1.69. The van der Waals surface area contributed by atoms with Crippen LogP contribution in [0.15, 0.2) is 57.9 Å². The lowest BCUT2D eigenvalue weighted by Gasteiger charge is -2.02. The molecule has 3 aromatic heterocycles. The van der Waals surface area contributed by atoms with Crippen molar-refractivity contribution < 1.29 is 4.79 Å². The van der Waals surface area contributed by atoms with Crippen molar-refractivity contribution in [2.45, 2.75) is 6.92 Å². The Morgan fingerprint density at radius 2 is 2.00 bits per heavy atom. The summed E-state index contributed by atoms with van der Waals surface area (Å²) >= 11 is 4.58. The molecule has 0 aliphatic rings. The van der Waals surface area contributed by atoms with Gasteiger partial charge in [0, 0.05) is 16.4 Å². The number of hydrogen-bond donors (Lipinski definition) is 1. The zero-order chi connectivity index (χ0) is 17.6. The second kappa shape index (κ2) is 6.09. The number of rotatable bonds is 2. The van der Waals surface area contributed by atoms with Crippen LogP contribution in [-0.2, 0) is 0 Å². The van der Waals surface area contributed by atoms with Gasteiger partial charge in [-0.25, -0.2) is 4.98 Å². The first-order chi connectivity index (χ1) is 12.0. The van der Waals surface area contributed by atoms with Crippen molar-refractivity contribution in [2.24, 2.45) is 0 Å². The molecule has 0 atom stereocenters. The first-order valence-corrected chi connectivity index (χ1v) is 9.12. The molecule has 0 bridgehead atoms. The number of benzene rings is 1. The summed E-state index contributed by atoms with van der Waals surface area (Å²) in [5.74, 6) is -0.254. The molecule has 0 saturated heterocycles. The average Bonchev–Trinajstić information content (AvgIpc) is 3.03. The number of pyridine rings is 1. The Bertz CT molecular complexity index is 1180. The van der Waals surface area contributed by atoms with Crippen LogP contribution in [-0.4, -0.2) is 15.3 Å². The molecule has 4 rings (SSSR count). The van der Waals surface area contributed by atoms with Crippen LogP contribution in [0.4, 0.5) is 5.69 Å². The van der Waals surface area contributed by atoms with Crippen molar-refractivity contribution in [3.63, 3.8) is 0 Å². The quantitative estimate of drug-likeness (QED) is 0.534. The number of nitrogens with one attached hydrogen (secondary N) is 1. The van der Waals surface area contributed by atoms with E-state index < -0.39 is 0 Å². The van der Waals surface area contributed by atoms with E-state index >= 15 is 0 Å². The van der Waals surface area contributed by atoms with E-state index in [0.29, 0.717) is 26.4 Å². The molecule has 3 heterocycles. The minimum atomic E-state index is -0.254. The van der Waals surface area contributed by atoms with Gasteiger partial charge < -0.3 is 5.32 Å². The molecule has 0 saturated carbocycles. The number of fused-ring (bicyclic) bond motifs is 2. The predicted molar refractivity (Wildman–Crippen MR) is 104 cm³/mol. The Kier molecular flexibility index (Phi) is 3.89. The molecular weight excluding hydrogens is 402 g/mol. The van der Waals surface area contributed by atoms with Crippen LogP contribution in [0.5, 0.6) is 0 Å². The fourth-order valence-electron chi connectivity index (χ4n) is 2.60. The van der Waals surface area contributed by atoms with Gasteiger partial charge in [0.25, 0.3) is 11.5 Å². The van der Waals surface area contributed by atoms with Gasteiger partial charge in [-0.2, -0.15) is 0 Å². The molecule has 1 aromatic carbocycles. The molecule has 4 aromatic rings. The van der Waals surface area contributed by atoms with Gasteiger partial charge in [0.15, 0.2) is 0 Å². The third-order valence-electron chi connectivity index (χ3n) is 3.86. The predicted octanol–water partition coefficient (Wildman–Crippen LogP) is 4.23. The number of carbonyl (C=O) groups is 1. The molecule has 0 unspecified atom stereocenters. The van der Waals surface area contributed by atoms with E-state index in [0.717, 1.165) is 10.0 Å². The summed E-state index contributed by atoms with van der Waals surface area (Å²) in [6.45, 7) is 1.91. The molecule has 1 N–H and O–H groups in total. The maximum absolute atomic E-state index is 12.7. The van der Waals surface area contributed by atoms with E-state index in [-0.39, 0.29) is 11.5 Å². The number of thiophene rings is 1. The van der Waals surface area contributed by atoms with Crippen LogP contribution in [0.2, 0.25) is 0 Å². The molecule has 124 valence electrons. The summed E-state index contributed by atoms with van der Waals surface area (Å²) < 4.78 is 2.45. The summed E-state index contributed by atoms with van der Waals surface area (Å²) in [5.41, 5.74) is 2.05. The lowest BCUT2D eigenvalue weighted by atomic mass is 10.2. The van der Waals surface area contributed by atoms with Gasteiger partial charge in [-0.3, -0.25) is 14.0 Å². The van der Waals surface area contributed by atoms with Crippen molar-refractivity contribution in [2.75, 3.05) is 5.32 Å². The normalized spacial score (nSPS) is 11.1. The number of carbonyl (C=O) groups excluding carboxylic acids is 1. The Hall–Kier alpha value is -2.51. The summed E-state index contributed by atoms with van der Waals surface area (Å²) in [5, 5.41) is 3.29. The van der Waals surface area contributed by atoms with E-state index in [4.69, 9.17) is 0 Å².